The molecule has 0 spiro atoms. The minimum absolute atomic E-state index is 0.0494. The van der Waals surface area contributed by atoms with Crippen LogP contribution in [0.3, 0.4) is 0 Å². The second kappa shape index (κ2) is 8.62. The van der Waals surface area contributed by atoms with Crippen LogP contribution in [-0.2, 0) is 27.2 Å². The molecular weight excluding hydrogens is 350 g/mol. The standard InChI is InChI=1S/C19H21N3O3S/c1-2-3-4-14-5-7-15(8-6-14)20-17(23)13-25-18(24)11-16-12-22-9-10-26-19(22)21-16/h5-10,12H,2-4,11,13H2,1H3,(H,20,23). The van der Waals surface area contributed by atoms with Crippen LogP contribution >= 0.6 is 11.3 Å². The molecule has 2 heterocycles. The van der Waals surface area contributed by atoms with Gasteiger partial charge >= 0.3 is 5.97 Å². The predicted octanol–water partition coefficient (Wildman–Crippen LogP) is 3.46. The highest BCUT2D eigenvalue weighted by atomic mass is 32.1. The maximum absolute atomic E-state index is 11.9. The van der Waals surface area contributed by atoms with Crippen LogP contribution in [0.25, 0.3) is 4.96 Å². The normalized spacial score (nSPS) is 10.8. The van der Waals surface area contributed by atoms with E-state index in [4.69, 9.17) is 4.74 Å². The van der Waals surface area contributed by atoms with Gasteiger partial charge in [-0.15, -0.1) is 11.3 Å². The van der Waals surface area contributed by atoms with Crippen molar-refractivity contribution in [3.05, 3.63) is 53.3 Å². The maximum Gasteiger partial charge on any atom is 0.312 e. The first-order valence-electron chi connectivity index (χ1n) is 8.59. The van der Waals surface area contributed by atoms with Gasteiger partial charge in [0.1, 0.15) is 0 Å². The van der Waals surface area contributed by atoms with Crippen LogP contribution in [0, 0.1) is 0 Å². The predicted molar refractivity (Wildman–Crippen MR) is 101 cm³/mol. The minimum Gasteiger partial charge on any atom is -0.455 e. The highest BCUT2D eigenvalue weighted by Gasteiger charge is 2.12. The molecule has 6 nitrogen and oxygen atoms in total. The molecule has 0 fully saturated rings. The van der Waals surface area contributed by atoms with Crippen molar-refractivity contribution >= 4 is 33.9 Å². The Morgan fingerprint density at radius 3 is 2.81 bits per heavy atom. The Bertz CT molecular complexity index is 854. The first-order valence-corrected chi connectivity index (χ1v) is 9.47. The molecule has 3 aromatic rings. The third-order valence-corrected chi connectivity index (χ3v) is 4.66. The van der Waals surface area contributed by atoms with Crippen molar-refractivity contribution in [3.8, 4) is 0 Å². The van der Waals surface area contributed by atoms with E-state index in [2.05, 4.69) is 17.2 Å². The summed E-state index contributed by atoms with van der Waals surface area (Å²) in [5.41, 5.74) is 2.57. The van der Waals surface area contributed by atoms with Crippen LogP contribution in [0.5, 0.6) is 0 Å². The molecule has 0 unspecified atom stereocenters. The summed E-state index contributed by atoms with van der Waals surface area (Å²) in [6.07, 6.45) is 7.05. The fourth-order valence-electron chi connectivity index (χ4n) is 2.54. The van der Waals surface area contributed by atoms with Gasteiger partial charge in [-0.3, -0.25) is 14.0 Å². The van der Waals surface area contributed by atoms with Gasteiger partial charge in [0.15, 0.2) is 11.6 Å². The molecule has 2 aromatic heterocycles. The number of nitrogens with zero attached hydrogens (tertiary/aromatic N) is 2. The Kier molecular flexibility index (Phi) is 6.01. The number of nitrogens with one attached hydrogen (secondary N) is 1. The van der Waals surface area contributed by atoms with E-state index in [1.807, 2.05) is 40.2 Å². The van der Waals surface area contributed by atoms with Crippen LogP contribution in [-0.4, -0.2) is 27.9 Å². The smallest absolute Gasteiger partial charge is 0.312 e. The molecule has 1 aromatic carbocycles. The number of ether oxygens (including phenoxy) is 1. The summed E-state index contributed by atoms with van der Waals surface area (Å²) in [6.45, 7) is 1.85. The number of hydrogen-bond acceptors (Lipinski definition) is 5. The monoisotopic (exact) mass is 371 g/mol. The minimum atomic E-state index is -0.471. The average Bonchev–Trinajstić information content (AvgIpc) is 3.21. The largest absolute Gasteiger partial charge is 0.455 e. The summed E-state index contributed by atoms with van der Waals surface area (Å²) in [4.78, 5) is 28.9. The molecule has 7 heteroatoms. The molecule has 136 valence electrons. The van der Waals surface area contributed by atoms with Gasteiger partial charge in [0, 0.05) is 23.5 Å². The van der Waals surface area contributed by atoms with E-state index in [9.17, 15) is 9.59 Å². The van der Waals surface area contributed by atoms with Crippen molar-refractivity contribution in [2.24, 2.45) is 0 Å². The second-order valence-corrected chi connectivity index (χ2v) is 6.88. The van der Waals surface area contributed by atoms with E-state index < -0.39 is 5.97 Å². The third-order valence-electron chi connectivity index (χ3n) is 3.89. The zero-order chi connectivity index (χ0) is 18.4. The number of fused-ring (bicyclic) bond motifs is 1. The lowest BCUT2D eigenvalue weighted by atomic mass is 10.1. The Morgan fingerprint density at radius 1 is 1.27 bits per heavy atom. The fraction of sp³-hybridized carbons (Fsp3) is 0.316. The van der Waals surface area contributed by atoms with Gasteiger partial charge in [0.25, 0.3) is 5.91 Å². The average molecular weight is 371 g/mol. The Labute approximate surface area is 155 Å². The van der Waals surface area contributed by atoms with Gasteiger partial charge in [-0.1, -0.05) is 25.5 Å². The molecule has 0 aliphatic heterocycles. The second-order valence-electron chi connectivity index (χ2n) is 6.01. The Morgan fingerprint density at radius 2 is 2.08 bits per heavy atom. The van der Waals surface area contributed by atoms with E-state index in [0.717, 1.165) is 24.2 Å². The summed E-state index contributed by atoms with van der Waals surface area (Å²) >= 11 is 1.50. The van der Waals surface area contributed by atoms with Crippen LogP contribution in [0.1, 0.15) is 31.0 Å². The molecule has 26 heavy (non-hydrogen) atoms. The summed E-state index contributed by atoms with van der Waals surface area (Å²) in [5, 5.41) is 4.65. The molecule has 0 aliphatic rings. The molecule has 0 atom stereocenters. The first-order chi connectivity index (χ1) is 12.6. The number of unbranched alkanes of at least 4 members (excludes halogenated alkanes) is 1. The van der Waals surface area contributed by atoms with E-state index in [1.165, 1.54) is 16.9 Å². The zero-order valence-corrected chi connectivity index (χ0v) is 15.4. The van der Waals surface area contributed by atoms with E-state index in [-0.39, 0.29) is 18.9 Å². The lowest BCUT2D eigenvalue weighted by Gasteiger charge is -2.07. The van der Waals surface area contributed by atoms with Crippen molar-refractivity contribution in [2.75, 3.05) is 11.9 Å². The third kappa shape index (κ3) is 4.92. The summed E-state index contributed by atoms with van der Waals surface area (Å²) in [7, 11) is 0. The number of aryl methyl sites for hydroxylation is 1. The Hall–Kier alpha value is -2.67. The van der Waals surface area contributed by atoms with Gasteiger partial charge < -0.3 is 10.1 Å². The van der Waals surface area contributed by atoms with E-state index >= 15 is 0 Å². The van der Waals surface area contributed by atoms with E-state index in [1.54, 1.807) is 6.20 Å². The number of thiazole rings is 1. The van der Waals surface area contributed by atoms with Gasteiger partial charge in [-0.25, -0.2) is 4.98 Å². The van der Waals surface area contributed by atoms with Crippen LogP contribution in [0.4, 0.5) is 5.69 Å². The molecule has 0 radical (unpaired) electrons. The highest BCUT2D eigenvalue weighted by Crippen LogP contribution is 2.13. The molecule has 0 aliphatic carbocycles. The summed E-state index contributed by atoms with van der Waals surface area (Å²) in [6, 6.07) is 7.73. The number of rotatable bonds is 8. The van der Waals surface area contributed by atoms with Crippen molar-refractivity contribution in [3.63, 3.8) is 0 Å². The number of aromatic nitrogens is 2. The quantitative estimate of drug-likeness (QED) is 0.616. The SMILES string of the molecule is CCCCc1ccc(NC(=O)COC(=O)Cc2cn3ccsc3n2)cc1. The molecule has 0 saturated heterocycles. The number of carbonyl (C=O) groups is 2. The molecule has 0 saturated carbocycles. The summed E-state index contributed by atoms with van der Waals surface area (Å²) < 4.78 is 6.88. The number of benzene rings is 1. The van der Waals surface area contributed by atoms with Gasteiger partial charge in [-0.2, -0.15) is 0 Å². The number of imidazole rings is 1. The van der Waals surface area contributed by atoms with E-state index in [0.29, 0.717) is 11.4 Å². The van der Waals surface area contributed by atoms with Crippen molar-refractivity contribution in [2.45, 2.75) is 32.6 Å². The van der Waals surface area contributed by atoms with Crippen LogP contribution < -0.4 is 5.32 Å². The first kappa shape index (κ1) is 18.1. The fourth-order valence-corrected chi connectivity index (χ4v) is 3.26. The van der Waals surface area contributed by atoms with Crippen molar-refractivity contribution in [1.82, 2.24) is 9.38 Å². The molecule has 3 rings (SSSR count). The number of carbonyl (C=O) groups excluding carboxylic acids is 2. The number of anilines is 1. The van der Waals surface area contributed by atoms with Crippen LogP contribution in [0.15, 0.2) is 42.0 Å². The van der Waals surface area contributed by atoms with Gasteiger partial charge in [0.2, 0.25) is 0 Å². The molecule has 0 bridgehead atoms. The molecular formula is C19H21N3O3S. The highest BCUT2D eigenvalue weighted by molar-refractivity contribution is 7.15. The number of hydrogen-bond donors (Lipinski definition) is 1. The molecule has 1 amide bonds. The van der Waals surface area contributed by atoms with Crippen molar-refractivity contribution in [1.29, 1.82) is 0 Å². The Balaban J connectivity index is 1.43. The lowest BCUT2D eigenvalue weighted by Crippen LogP contribution is -2.21. The zero-order valence-electron chi connectivity index (χ0n) is 14.6. The molecule has 1 N–H and O–H groups in total. The van der Waals surface area contributed by atoms with Gasteiger partial charge in [-0.05, 0) is 30.5 Å². The van der Waals surface area contributed by atoms with Crippen molar-refractivity contribution < 1.29 is 14.3 Å². The van der Waals surface area contributed by atoms with Crippen LogP contribution in [0.2, 0.25) is 0 Å². The number of amides is 1. The lowest BCUT2D eigenvalue weighted by molar-refractivity contribution is -0.146. The summed E-state index contributed by atoms with van der Waals surface area (Å²) in [5.74, 6) is -0.828. The maximum atomic E-state index is 11.9. The number of esters is 1. The van der Waals surface area contributed by atoms with Gasteiger partial charge in [0.05, 0.1) is 12.1 Å². The topological polar surface area (TPSA) is 72.7 Å².